The zero-order valence-corrected chi connectivity index (χ0v) is 13.2. The lowest BCUT2D eigenvalue weighted by Crippen LogP contribution is -2.34. The molecule has 2 aromatic rings. The number of nitrogens with zero attached hydrogens (tertiary/aromatic N) is 2. The number of sulfonamides is 1. The highest BCUT2D eigenvalue weighted by Gasteiger charge is 2.19. The first-order valence-electron chi connectivity index (χ1n) is 6.48. The lowest BCUT2D eigenvalue weighted by atomic mass is 10.2. The molecule has 0 saturated carbocycles. The van der Waals surface area contributed by atoms with Crippen molar-refractivity contribution < 1.29 is 8.42 Å². The van der Waals surface area contributed by atoms with Gasteiger partial charge in [0.2, 0.25) is 10.0 Å². The first-order valence-corrected chi connectivity index (χ1v) is 9.01. The summed E-state index contributed by atoms with van der Waals surface area (Å²) in [6, 6.07) is 5.68. The standard InChI is InChI=1S/C13H19N3O2S2/c1-11(2)10-20(17,18)15-9-12(13-5-3-8-19-13)16-7-4-6-14-16/h3-8,11-12,15H,9-10H2,1-2H3. The van der Waals surface area contributed by atoms with E-state index in [0.29, 0.717) is 6.54 Å². The van der Waals surface area contributed by atoms with Crippen LogP contribution in [0.15, 0.2) is 36.0 Å². The molecular formula is C13H19N3O2S2. The van der Waals surface area contributed by atoms with E-state index in [9.17, 15) is 8.42 Å². The molecule has 0 aliphatic carbocycles. The predicted molar refractivity (Wildman–Crippen MR) is 81.3 cm³/mol. The first-order chi connectivity index (χ1) is 9.48. The fourth-order valence-electron chi connectivity index (χ4n) is 1.97. The number of rotatable bonds is 7. The molecule has 2 aromatic heterocycles. The molecule has 2 heterocycles. The summed E-state index contributed by atoms with van der Waals surface area (Å²) in [5.74, 6) is 0.251. The van der Waals surface area contributed by atoms with E-state index in [1.165, 1.54) is 0 Å². The van der Waals surface area contributed by atoms with Crippen LogP contribution < -0.4 is 4.72 Å². The molecule has 1 unspecified atom stereocenters. The Bertz CT molecular complexity index is 570. The number of aromatic nitrogens is 2. The lowest BCUT2D eigenvalue weighted by molar-refractivity contribution is 0.508. The maximum atomic E-state index is 11.9. The summed E-state index contributed by atoms with van der Waals surface area (Å²) in [4.78, 5) is 1.08. The lowest BCUT2D eigenvalue weighted by Gasteiger charge is -2.17. The number of hydrogen-bond acceptors (Lipinski definition) is 4. The van der Waals surface area contributed by atoms with Crippen LogP contribution in [0.5, 0.6) is 0 Å². The van der Waals surface area contributed by atoms with Crippen LogP contribution in [0.3, 0.4) is 0 Å². The minimum atomic E-state index is -3.24. The van der Waals surface area contributed by atoms with Gasteiger partial charge in [-0.05, 0) is 23.4 Å². The van der Waals surface area contributed by atoms with Gasteiger partial charge in [0, 0.05) is 23.8 Å². The van der Waals surface area contributed by atoms with Crippen molar-refractivity contribution in [1.29, 1.82) is 0 Å². The molecule has 1 N–H and O–H groups in total. The van der Waals surface area contributed by atoms with E-state index in [-0.39, 0.29) is 17.7 Å². The fraction of sp³-hybridized carbons (Fsp3) is 0.462. The Balaban J connectivity index is 2.10. The van der Waals surface area contributed by atoms with Crippen molar-refractivity contribution in [2.24, 2.45) is 5.92 Å². The molecule has 0 aliphatic heterocycles. The minimum absolute atomic E-state index is 0.105. The molecule has 7 heteroatoms. The van der Waals surface area contributed by atoms with Crippen molar-refractivity contribution in [3.63, 3.8) is 0 Å². The summed E-state index contributed by atoms with van der Waals surface area (Å²) in [5.41, 5.74) is 0. The smallest absolute Gasteiger partial charge is 0.211 e. The molecular weight excluding hydrogens is 294 g/mol. The van der Waals surface area contributed by atoms with Crippen LogP contribution >= 0.6 is 11.3 Å². The van der Waals surface area contributed by atoms with Crippen molar-refractivity contribution >= 4 is 21.4 Å². The molecule has 1 atom stereocenters. The highest BCUT2D eigenvalue weighted by molar-refractivity contribution is 7.89. The quantitative estimate of drug-likeness (QED) is 0.851. The third kappa shape index (κ3) is 4.16. The molecule has 0 radical (unpaired) electrons. The average molecular weight is 313 g/mol. The maximum Gasteiger partial charge on any atom is 0.211 e. The molecule has 0 bridgehead atoms. The van der Waals surface area contributed by atoms with Gasteiger partial charge in [-0.3, -0.25) is 4.68 Å². The summed E-state index contributed by atoms with van der Waals surface area (Å²) >= 11 is 1.60. The van der Waals surface area contributed by atoms with Gasteiger partial charge in [-0.25, -0.2) is 13.1 Å². The molecule has 0 amide bonds. The van der Waals surface area contributed by atoms with Gasteiger partial charge in [0.25, 0.3) is 0 Å². The van der Waals surface area contributed by atoms with Crippen molar-refractivity contribution in [3.05, 3.63) is 40.8 Å². The Labute approximate surface area is 123 Å². The number of hydrogen-bond donors (Lipinski definition) is 1. The minimum Gasteiger partial charge on any atom is -0.263 e. The number of nitrogens with one attached hydrogen (secondary N) is 1. The van der Waals surface area contributed by atoms with E-state index in [1.807, 2.05) is 43.6 Å². The van der Waals surface area contributed by atoms with E-state index in [0.717, 1.165) is 4.88 Å². The van der Waals surface area contributed by atoms with Crippen LogP contribution in [0.25, 0.3) is 0 Å². The zero-order chi connectivity index (χ0) is 14.6. The van der Waals surface area contributed by atoms with Gasteiger partial charge in [-0.15, -0.1) is 11.3 Å². The van der Waals surface area contributed by atoms with E-state index in [1.54, 1.807) is 22.2 Å². The second-order valence-corrected chi connectivity index (χ2v) is 7.87. The Hall–Kier alpha value is -1.18. The SMILES string of the molecule is CC(C)CS(=O)(=O)NCC(c1cccs1)n1cccn1. The van der Waals surface area contributed by atoms with Gasteiger partial charge in [-0.1, -0.05) is 19.9 Å². The second kappa shape index (κ2) is 6.51. The molecule has 5 nitrogen and oxygen atoms in total. The monoisotopic (exact) mass is 313 g/mol. The van der Waals surface area contributed by atoms with Gasteiger partial charge in [0.15, 0.2) is 0 Å². The summed E-state index contributed by atoms with van der Waals surface area (Å²) in [6.07, 6.45) is 3.55. The van der Waals surface area contributed by atoms with Crippen LogP contribution in [0.1, 0.15) is 24.8 Å². The molecule has 0 spiro atoms. The van der Waals surface area contributed by atoms with E-state index in [4.69, 9.17) is 0 Å². The van der Waals surface area contributed by atoms with Crippen LogP contribution in [-0.2, 0) is 10.0 Å². The largest absolute Gasteiger partial charge is 0.263 e. The topological polar surface area (TPSA) is 64.0 Å². The van der Waals surface area contributed by atoms with Crippen molar-refractivity contribution in [2.75, 3.05) is 12.3 Å². The molecule has 0 aromatic carbocycles. The highest BCUT2D eigenvalue weighted by Crippen LogP contribution is 2.22. The van der Waals surface area contributed by atoms with Crippen LogP contribution in [0.2, 0.25) is 0 Å². The first kappa shape index (κ1) is 15.2. The Morgan fingerprint density at radius 3 is 2.75 bits per heavy atom. The average Bonchev–Trinajstić information content (AvgIpc) is 2.98. The molecule has 2 rings (SSSR count). The van der Waals surface area contributed by atoms with Crippen molar-refractivity contribution in [1.82, 2.24) is 14.5 Å². The number of thiophene rings is 1. The van der Waals surface area contributed by atoms with Crippen LogP contribution in [-0.4, -0.2) is 30.5 Å². The van der Waals surface area contributed by atoms with E-state index in [2.05, 4.69) is 9.82 Å². The van der Waals surface area contributed by atoms with E-state index >= 15 is 0 Å². The Morgan fingerprint density at radius 1 is 1.40 bits per heavy atom. The molecule has 110 valence electrons. The summed E-state index contributed by atoms with van der Waals surface area (Å²) in [7, 11) is -3.24. The second-order valence-electron chi connectivity index (χ2n) is 5.04. The third-order valence-electron chi connectivity index (χ3n) is 2.77. The van der Waals surface area contributed by atoms with Gasteiger partial charge in [0.05, 0.1) is 11.8 Å². The predicted octanol–water partition coefficient (Wildman–Crippen LogP) is 2.11. The fourth-order valence-corrected chi connectivity index (χ4v) is 4.20. The van der Waals surface area contributed by atoms with Crippen molar-refractivity contribution in [3.8, 4) is 0 Å². The normalized spacial score (nSPS) is 13.8. The third-order valence-corrected chi connectivity index (χ3v) is 5.45. The molecule has 20 heavy (non-hydrogen) atoms. The summed E-state index contributed by atoms with van der Waals surface area (Å²) in [5, 5.41) is 6.20. The highest BCUT2D eigenvalue weighted by atomic mass is 32.2. The Morgan fingerprint density at radius 2 is 2.20 bits per heavy atom. The Kier molecular flexibility index (Phi) is 4.95. The van der Waals surface area contributed by atoms with Crippen LogP contribution in [0.4, 0.5) is 0 Å². The summed E-state index contributed by atoms with van der Waals surface area (Å²) < 4.78 is 28.4. The molecule has 0 aliphatic rings. The van der Waals surface area contributed by atoms with Gasteiger partial charge in [-0.2, -0.15) is 5.10 Å². The van der Waals surface area contributed by atoms with E-state index < -0.39 is 10.0 Å². The maximum absolute atomic E-state index is 11.9. The van der Waals surface area contributed by atoms with Gasteiger partial charge < -0.3 is 0 Å². The van der Waals surface area contributed by atoms with Gasteiger partial charge in [0.1, 0.15) is 0 Å². The molecule has 0 fully saturated rings. The molecule has 0 saturated heterocycles. The van der Waals surface area contributed by atoms with Crippen LogP contribution in [0, 0.1) is 5.92 Å². The zero-order valence-electron chi connectivity index (χ0n) is 11.6. The van der Waals surface area contributed by atoms with Crippen molar-refractivity contribution in [2.45, 2.75) is 19.9 Å². The summed E-state index contributed by atoms with van der Waals surface area (Å²) in [6.45, 7) is 4.10. The van der Waals surface area contributed by atoms with Gasteiger partial charge >= 0.3 is 0 Å².